The summed E-state index contributed by atoms with van der Waals surface area (Å²) >= 11 is 0. The third kappa shape index (κ3) is 1.95. The van der Waals surface area contributed by atoms with Crippen LogP contribution in [0, 0.1) is 11.3 Å². The van der Waals surface area contributed by atoms with E-state index in [0.29, 0.717) is 6.42 Å². The second-order valence-corrected chi connectivity index (χ2v) is 3.74. The Bertz CT molecular complexity index is 300. The van der Waals surface area contributed by atoms with Gasteiger partial charge in [0.2, 0.25) is 0 Å². The van der Waals surface area contributed by atoms with E-state index in [2.05, 4.69) is 20.4 Å². The quantitative estimate of drug-likeness (QED) is 0.404. The highest BCUT2D eigenvalue weighted by atomic mass is 17.2. The highest BCUT2D eigenvalue weighted by Gasteiger charge is 2.36. The van der Waals surface area contributed by atoms with Crippen molar-refractivity contribution >= 4 is 11.5 Å². The molecule has 0 spiro atoms. The maximum atomic E-state index is 8.05. The van der Waals surface area contributed by atoms with Crippen LogP contribution in [0.25, 0.3) is 0 Å². The van der Waals surface area contributed by atoms with E-state index in [9.17, 15) is 0 Å². The van der Waals surface area contributed by atoms with E-state index in [4.69, 9.17) is 10.7 Å². The van der Waals surface area contributed by atoms with Crippen LogP contribution in [0.15, 0.2) is 15.4 Å². The minimum absolute atomic E-state index is 0.147. The molecular formula is C8H14N4O2. The van der Waals surface area contributed by atoms with Crippen molar-refractivity contribution in [2.24, 2.45) is 21.3 Å². The molecule has 0 aromatic rings. The van der Waals surface area contributed by atoms with E-state index in [1.54, 1.807) is 6.92 Å². The minimum Gasteiger partial charge on any atom is -0.285 e. The van der Waals surface area contributed by atoms with Gasteiger partial charge in [-0.3, -0.25) is 5.41 Å². The molecule has 6 nitrogen and oxygen atoms in total. The normalized spacial score (nSPS) is 33.3. The Labute approximate surface area is 82.1 Å². The fourth-order valence-corrected chi connectivity index (χ4v) is 1.44. The van der Waals surface area contributed by atoms with Gasteiger partial charge in [-0.05, 0) is 26.2 Å². The van der Waals surface area contributed by atoms with Crippen molar-refractivity contribution in [2.75, 3.05) is 0 Å². The number of amidine groups is 1. The van der Waals surface area contributed by atoms with Gasteiger partial charge in [0.1, 0.15) is 11.4 Å². The van der Waals surface area contributed by atoms with Gasteiger partial charge in [-0.2, -0.15) is 5.26 Å². The minimum atomic E-state index is -0.790. The lowest BCUT2D eigenvalue weighted by molar-refractivity contribution is -0.252. The third-order valence-electron chi connectivity index (χ3n) is 2.51. The Morgan fingerprint density at radius 3 is 2.93 bits per heavy atom. The zero-order valence-corrected chi connectivity index (χ0v) is 8.48. The van der Waals surface area contributed by atoms with Crippen LogP contribution >= 0.6 is 0 Å². The van der Waals surface area contributed by atoms with Crippen LogP contribution < -0.4 is 0 Å². The summed E-state index contributed by atoms with van der Waals surface area (Å²) in [5.41, 5.74) is 0.134. The lowest BCUT2D eigenvalue weighted by Gasteiger charge is -2.30. The monoisotopic (exact) mass is 198 g/mol. The van der Waals surface area contributed by atoms with E-state index in [1.807, 2.05) is 13.8 Å². The van der Waals surface area contributed by atoms with Gasteiger partial charge in [-0.15, -0.1) is 5.11 Å². The first-order valence-corrected chi connectivity index (χ1v) is 4.36. The summed E-state index contributed by atoms with van der Waals surface area (Å²) in [7, 11) is 0. The first kappa shape index (κ1) is 10.8. The smallest absolute Gasteiger partial charge is 0.150 e. The van der Waals surface area contributed by atoms with Crippen molar-refractivity contribution in [3.63, 3.8) is 0 Å². The van der Waals surface area contributed by atoms with Crippen molar-refractivity contribution in [1.29, 1.82) is 5.41 Å². The Balaban J connectivity index is 2.92. The Morgan fingerprint density at radius 2 is 2.36 bits per heavy atom. The van der Waals surface area contributed by atoms with Crippen molar-refractivity contribution in [2.45, 2.75) is 32.7 Å². The van der Waals surface area contributed by atoms with Gasteiger partial charge in [0.05, 0.1) is 5.28 Å². The van der Waals surface area contributed by atoms with Crippen LogP contribution in [-0.2, 0) is 4.99 Å². The fourth-order valence-electron chi connectivity index (χ4n) is 1.44. The van der Waals surface area contributed by atoms with Crippen LogP contribution in [0.3, 0.4) is 0 Å². The molecule has 2 unspecified atom stereocenters. The number of nitrogens with one attached hydrogen (secondary N) is 1. The molecule has 0 amide bonds. The van der Waals surface area contributed by atoms with Gasteiger partial charge in [0.25, 0.3) is 0 Å². The van der Waals surface area contributed by atoms with Crippen LogP contribution in [-0.4, -0.2) is 22.3 Å². The summed E-state index contributed by atoms with van der Waals surface area (Å²) in [5, 5.41) is 22.5. The van der Waals surface area contributed by atoms with E-state index >= 15 is 0 Å². The molecule has 0 fully saturated rings. The number of rotatable bonds is 2. The molecule has 0 saturated heterocycles. The van der Waals surface area contributed by atoms with Crippen LogP contribution in [0.4, 0.5) is 0 Å². The van der Waals surface area contributed by atoms with Crippen molar-refractivity contribution in [3.05, 3.63) is 0 Å². The Hall–Kier alpha value is -1.30. The maximum Gasteiger partial charge on any atom is 0.150 e. The van der Waals surface area contributed by atoms with Gasteiger partial charge in [-0.25, -0.2) is 9.98 Å². The van der Waals surface area contributed by atoms with Crippen LogP contribution in [0.1, 0.15) is 27.2 Å². The predicted molar refractivity (Wildman–Crippen MR) is 51.6 cm³/mol. The number of hydrogen-bond donors (Lipinski definition) is 2. The summed E-state index contributed by atoms with van der Waals surface area (Å²) in [6.07, 6.45) is 0.647. The van der Waals surface area contributed by atoms with Crippen molar-refractivity contribution in [3.8, 4) is 0 Å². The number of aliphatic imine (C=N–C) groups is 1. The largest absolute Gasteiger partial charge is 0.285 e. The van der Waals surface area contributed by atoms with Gasteiger partial charge < -0.3 is 0 Å². The molecule has 2 N–H and O–H groups in total. The Kier molecular flexibility index (Phi) is 2.95. The molecule has 0 saturated carbocycles. The first-order valence-electron chi connectivity index (χ1n) is 4.36. The molecule has 0 aromatic heterocycles. The van der Waals surface area contributed by atoms with Gasteiger partial charge in [0, 0.05) is 5.71 Å². The fraction of sp³-hybridized carbons (Fsp3) is 0.750. The van der Waals surface area contributed by atoms with E-state index < -0.39 is 5.54 Å². The molecule has 0 radical (unpaired) electrons. The molecule has 1 heterocycles. The molecule has 0 bridgehead atoms. The van der Waals surface area contributed by atoms with Gasteiger partial charge >= 0.3 is 0 Å². The summed E-state index contributed by atoms with van der Waals surface area (Å²) in [6.45, 7) is 5.64. The summed E-state index contributed by atoms with van der Waals surface area (Å²) < 4.78 is 0. The van der Waals surface area contributed by atoms with Crippen molar-refractivity contribution < 1.29 is 10.2 Å². The average Bonchev–Trinajstić information content (AvgIpc) is 2.12. The molecule has 0 aromatic carbocycles. The standard InChI is InChI=1S/C8H14N4O2/c1-5-4-8(3,11-12-14-13)7(9)10-6(5)2/h5,9,13H,4H2,1-3H3/b9-7?,12-11+. The first-order chi connectivity index (χ1) is 6.49. The molecule has 78 valence electrons. The number of nitrogens with zero attached hydrogens (tertiary/aromatic N) is 3. The van der Waals surface area contributed by atoms with E-state index in [0.717, 1.165) is 5.71 Å². The van der Waals surface area contributed by atoms with Crippen molar-refractivity contribution in [1.82, 2.24) is 0 Å². The zero-order valence-electron chi connectivity index (χ0n) is 8.48. The SMILES string of the molecule is CC1=NC(=N)C(C)(/N=N/OO)CC1C. The summed E-state index contributed by atoms with van der Waals surface area (Å²) in [4.78, 5) is 7.61. The van der Waals surface area contributed by atoms with Gasteiger partial charge in [0.15, 0.2) is 0 Å². The average molecular weight is 198 g/mol. The third-order valence-corrected chi connectivity index (χ3v) is 2.51. The molecule has 14 heavy (non-hydrogen) atoms. The highest BCUT2D eigenvalue weighted by molar-refractivity contribution is 6.03. The summed E-state index contributed by atoms with van der Waals surface area (Å²) in [5.74, 6) is 0.403. The summed E-state index contributed by atoms with van der Waals surface area (Å²) in [6, 6.07) is 0. The lowest BCUT2D eigenvalue weighted by atomic mass is 9.84. The molecule has 2 atom stereocenters. The molecule has 6 heteroatoms. The molecule has 1 aliphatic rings. The molecule has 1 aliphatic heterocycles. The zero-order chi connectivity index (χ0) is 10.8. The lowest BCUT2D eigenvalue weighted by Crippen LogP contribution is -2.39. The second kappa shape index (κ2) is 3.83. The van der Waals surface area contributed by atoms with E-state index in [-0.39, 0.29) is 11.8 Å². The predicted octanol–water partition coefficient (Wildman–Crippen LogP) is 2.08. The van der Waals surface area contributed by atoms with Crippen LogP contribution in [0.2, 0.25) is 0 Å². The maximum absolute atomic E-state index is 8.05. The molecule has 0 aliphatic carbocycles. The second-order valence-electron chi connectivity index (χ2n) is 3.74. The molecular weight excluding hydrogens is 184 g/mol. The molecule has 1 rings (SSSR count). The Morgan fingerprint density at radius 1 is 1.71 bits per heavy atom. The topological polar surface area (TPSA) is 90.4 Å². The number of hydrogen-bond acceptors (Lipinski definition) is 5. The van der Waals surface area contributed by atoms with Gasteiger partial charge in [-0.1, -0.05) is 6.92 Å². The van der Waals surface area contributed by atoms with Crippen LogP contribution in [0.5, 0.6) is 0 Å². The van der Waals surface area contributed by atoms with E-state index in [1.165, 1.54) is 0 Å². The highest BCUT2D eigenvalue weighted by Crippen LogP contribution is 2.28.